The molecule has 2 aromatic rings. The van der Waals surface area contributed by atoms with Gasteiger partial charge in [0.1, 0.15) is 0 Å². The Bertz CT molecular complexity index is 810. The summed E-state index contributed by atoms with van der Waals surface area (Å²) in [4.78, 5) is 35.5. The van der Waals surface area contributed by atoms with Gasteiger partial charge in [0.15, 0.2) is 0 Å². The van der Waals surface area contributed by atoms with Crippen LogP contribution in [0, 0.1) is 5.92 Å². The van der Waals surface area contributed by atoms with Gasteiger partial charge in [-0.15, -0.1) is 0 Å². The van der Waals surface area contributed by atoms with E-state index in [4.69, 9.17) is 0 Å². The summed E-state index contributed by atoms with van der Waals surface area (Å²) in [7, 11) is 1.30. The van der Waals surface area contributed by atoms with Crippen LogP contribution < -0.4 is 10.6 Å². The van der Waals surface area contributed by atoms with E-state index in [0.717, 1.165) is 12.8 Å². The smallest absolute Gasteiger partial charge is 0.337 e. The molecule has 0 aromatic heterocycles. The van der Waals surface area contributed by atoms with E-state index in [-0.39, 0.29) is 17.7 Å². The summed E-state index contributed by atoms with van der Waals surface area (Å²) in [5.41, 5.74) is 1.98. The van der Waals surface area contributed by atoms with Crippen LogP contribution in [0.4, 0.5) is 11.4 Å². The molecule has 3 rings (SSSR count). The van der Waals surface area contributed by atoms with Crippen molar-refractivity contribution in [2.45, 2.75) is 12.8 Å². The van der Waals surface area contributed by atoms with Crippen molar-refractivity contribution in [2.75, 3.05) is 17.7 Å². The summed E-state index contributed by atoms with van der Waals surface area (Å²) in [5.74, 6) is -0.615. The third kappa shape index (κ3) is 4.23. The number of hydrogen-bond acceptors (Lipinski definition) is 4. The molecular formula is C19H18N2O4. The molecule has 0 heterocycles. The van der Waals surface area contributed by atoms with Crippen molar-refractivity contribution in [1.82, 2.24) is 0 Å². The zero-order valence-electron chi connectivity index (χ0n) is 13.7. The molecule has 6 nitrogen and oxygen atoms in total. The van der Waals surface area contributed by atoms with Crippen molar-refractivity contribution in [3.05, 3.63) is 59.7 Å². The molecule has 6 heteroatoms. The Morgan fingerprint density at radius 1 is 0.920 bits per heavy atom. The average molecular weight is 338 g/mol. The lowest BCUT2D eigenvalue weighted by atomic mass is 10.1. The SMILES string of the molecule is COC(=O)c1cccc(NC(=O)c2ccc(NC(=O)C3CC3)cc2)c1. The summed E-state index contributed by atoms with van der Waals surface area (Å²) in [6.45, 7) is 0. The number of hydrogen-bond donors (Lipinski definition) is 2. The van der Waals surface area contributed by atoms with Crippen molar-refractivity contribution in [3.63, 3.8) is 0 Å². The summed E-state index contributed by atoms with van der Waals surface area (Å²) in [6.07, 6.45) is 1.88. The first-order chi connectivity index (χ1) is 12.1. The highest BCUT2D eigenvalue weighted by Crippen LogP contribution is 2.30. The maximum Gasteiger partial charge on any atom is 0.337 e. The van der Waals surface area contributed by atoms with Crippen molar-refractivity contribution >= 4 is 29.2 Å². The van der Waals surface area contributed by atoms with Gasteiger partial charge in [-0.2, -0.15) is 0 Å². The number of methoxy groups -OCH3 is 1. The zero-order valence-corrected chi connectivity index (χ0v) is 13.7. The van der Waals surface area contributed by atoms with Crippen LogP contribution in [-0.4, -0.2) is 24.9 Å². The van der Waals surface area contributed by atoms with Crippen molar-refractivity contribution < 1.29 is 19.1 Å². The molecule has 0 saturated heterocycles. The second-order valence-corrected chi connectivity index (χ2v) is 5.87. The van der Waals surface area contributed by atoms with Gasteiger partial charge in [-0.05, 0) is 55.3 Å². The van der Waals surface area contributed by atoms with E-state index < -0.39 is 5.97 Å². The number of esters is 1. The summed E-state index contributed by atoms with van der Waals surface area (Å²) < 4.78 is 4.66. The molecule has 0 unspecified atom stereocenters. The topological polar surface area (TPSA) is 84.5 Å². The summed E-state index contributed by atoms with van der Waals surface area (Å²) >= 11 is 0. The largest absolute Gasteiger partial charge is 0.465 e. The van der Waals surface area contributed by atoms with Crippen LogP contribution >= 0.6 is 0 Å². The fourth-order valence-corrected chi connectivity index (χ4v) is 2.34. The summed E-state index contributed by atoms with van der Waals surface area (Å²) in [6, 6.07) is 13.2. The minimum Gasteiger partial charge on any atom is -0.465 e. The Balaban J connectivity index is 1.64. The molecule has 2 aromatic carbocycles. The number of amides is 2. The van der Waals surface area contributed by atoms with E-state index in [2.05, 4.69) is 15.4 Å². The van der Waals surface area contributed by atoms with E-state index >= 15 is 0 Å². The molecule has 1 saturated carbocycles. The van der Waals surface area contributed by atoms with Gasteiger partial charge in [-0.25, -0.2) is 4.79 Å². The predicted octanol–water partition coefficient (Wildman–Crippen LogP) is 3.07. The second-order valence-electron chi connectivity index (χ2n) is 5.87. The highest BCUT2D eigenvalue weighted by Gasteiger charge is 2.29. The number of anilines is 2. The monoisotopic (exact) mass is 338 g/mol. The normalized spacial score (nSPS) is 13.0. The van der Waals surface area contributed by atoms with Gasteiger partial charge < -0.3 is 15.4 Å². The lowest BCUT2D eigenvalue weighted by Gasteiger charge is -2.08. The fraction of sp³-hybridized carbons (Fsp3) is 0.211. The van der Waals surface area contributed by atoms with Gasteiger partial charge in [-0.1, -0.05) is 6.07 Å². The van der Waals surface area contributed by atoms with Crippen molar-refractivity contribution in [1.29, 1.82) is 0 Å². The Hall–Kier alpha value is -3.15. The van der Waals surface area contributed by atoms with Crippen LogP contribution in [0.25, 0.3) is 0 Å². The Morgan fingerprint density at radius 2 is 1.64 bits per heavy atom. The lowest BCUT2D eigenvalue weighted by Crippen LogP contribution is -2.14. The Labute approximate surface area is 145 Å². The molecule has 1 fully saturated rings. The van der Waals surface area contributed by atoms with E-state index in [9.17, 15) is 14.4 Å². The fourth-order valence-electron chi connectivity index (χ4n) is 2.34. The molecule has 2 N–H and O–H groups in total. The van der Waals surface area contributed by atoms with Gasteiger partial charge >= 0.3 is 5.97 Å². The third-order valence-corrected chi connectivity index (χ3v) is 3.90. The van der Waals surface area contributed by atoms with Crippen LogP contribution in [0.1, 0.15) is 33.6 Å². The number of ether oxygens (including phenoxy) is 1. The molecule has 128 valence electrons. The van der Waals surface area contributed by atoms with Crippen LogP contribution in [-0.2, 0) is 9.53 Å². The maximum atomic E-state index is 12.3. The van der Waals surface area contributed by atoms with Gasteiger partial charge in [0, 0.05) is 22.9 Å². The van der Waals surface area contributed by atoms with Gasteiger partial charge in [-0.3, -0.25) is 9.59 Å². The highest BCUT2D eigenvalue weighted by atomic mass is 16.5. The number of carbonyl (C=O) groups excluding carboxylic acids is 3. The van der Waals surface area contributed by atoms with Gasteiger partial charge in [0.05, 0.1) is 12.7 Å². The molecule has 0 spiro atoms. The number of nitrogens with one attached hydrogen (secondary N) is 2. The minimum absolute atomic E-state index is 0.0248. The van der Waals surface area contributed by atoms with Crippen LogP contribution in [0.5, 0.6) is 0 Å². The number of rotatable bonds is 5. The first kappa shape index (κ1) is 16.7. The molecule has 1 aliphatic rings. The Morgan fingerprint density at radius 3 is 2.28 bits per heavy atom. The van der Waals surface area contributed by atoms with E-state index in [1.165, 1.54) is 7.11 Å². The molecule has 0 bridgehead atoms. The highest BCUT2D eigenvalue weighted by molar-refractivity contribution is 6.05. The van der Waals surface area contributed by atoms with E-state index in [0.29, 0.717) is 22.5 Å². The molecule has 1 aliphatic carbocycles. The molecule has 25 heavy (non-hydrogen) atoms. The Kier molecular flexibility index (Phi) is 4.79. The molecule has 0 atom stereocenters. The first-order valence-electron chi connectivity index (χ1n) is 7.97. The van der Waals surface area contributed by atoms with Gasteiger partial charge in [0.25, 0.3) is 5.91 Å². The van der Waals surface area contributed by atoms with Crippen LogP contribution in [0.2, 0.25) is 0 Å². The third-order valence-electron chi connectivity index (χ3n) is 3.90. The van der Waals surface area contributed by atoms with Crippen molar-refractivity contribution in [2.24, 2.45) is 5.92 Å². The van der Waals surface area contributed by atoms with Gasteiger partial charge in [0.2, 0.25) is 5.91 Å². The maximum absolute atomic E-state index is 12.3. The standard InChI is InChI=1S/C19H18N2O4/c1-25-19(24)14-3-2-4-16(11-14)21-18(23)13-7-9-15(10-8-13)20-17(22)12-5-6-12/h2-4,7-12H,5-6H2,1H3,(H,20,22)(H,21,23). The lowest BCUT2D eigenvalue weighted by molar-refractivity contribution is -0.117. The van der Waals surface area contributed by atoms with E-state index in [1.807, 2.05) is 0 Å². The summed E-state index contributed by atoms with van der Waals surface area (Å²) in [5, 5.41) is 5.56. The first-order valence-corrected chi connectivity index (χ1v) is 7.97. The van der Waals surface area contributed by atoms with Crippen LogP contribution in [0.15, 0.2) is 48.5 Å². The number of carbonyl (C=O) groups is 3. The number of benzene rings is 2. The molecule has 0 radical (unpaired) electrons. The minimum atomic E-state index is -0.466. The van der Waals surface area contributed by atoms with Crippen LogP contribution in [0.3, 0.4) is 0 Å². The second kappa shape index (κ2) is 7.17. The van der Waals surface area contributed by atoms with E-state index in [1.54, 1.807) is 48.5 Å². The zero-order chi connectivity index (χ0) is 17.8. The molecular weight excluding hydrogens is 320 g/mol. The quantitative estimate of drug-likeness (QED) is 0.821. The predicted molar refractivity (Wildman–Crippen MR) is 93.5 cm³/mol. The molecule has 0 aliphatic heterocycles. The molecule has 2 amide bonds. The van der Waals surface area contributed by atoms with Crippen molar-refractivity contribution in [3.8, 4) is 0 Å². The average Bonchev–Trinajstić information content (AvgIpc) is 3.47.